The molecule has 0 unspecified atom stereocenters. The molecule has 0 amide bonds. The third-order valence-electron chi connectivity index (χ3n) is 6.03. The molecule has 0 bridgehead atoms. The number of nitrogen functional groups attached to an aromatic ring is 1. The van der Waals surface area contributed by atoms with E-state index in [-0.39, 0.29) is 35.1 Å². The topological polar surface area (TPSA) is 125 Å². The fourth-order valence-corrected chi connectivity index (χ4v) is 4.19. The lowest BCUT2D eigenvalue weighted by atomic mass is 10.0. The van der Waals surface area contributed by atoms with Gasteiger partial charge in [-0.1, -0.05) is 12.1 Å². The molecule has 3 heterocycles. The predicted octanol–water partition coefficient (Wildman–Crippen LogP) is 2.77. The van der Waals surface area contributed by atoms with Gasteiger partial charge in [0, 0.05) is 42.0 Å². The van der Waals surface area contributed by atoms with E-state index in [4.69, 9.17) is 16.2 Å². The first-order chi connectivity index (χ1) is 17.3. The SMILES string of the molecule is Cc1nc2c(F)c(F)c(F)cc2n1-c1nc(-c2ccc(C(=O)CN)cc2N)cc(N2CCOCC2)n1. The van der Waals surface area contributed by atoms with Crippen molar-refractivity contribution in [3.8, 4) is 17.2 Å². The van der Waals surface area contributed by atoms with E-state index in [1.807, 2.05) is 4.90 Å². The quantitative estimate of drug-likeness (QED) is 0.245. The highest BCUT2D eigenvalue weighted by Crippen LogP contribution is 2.31. The van der Waals surface area contributed by atoms with E-state index in [2.05, 4.69) is 15.0 Å². The standard InChI is InChI=1S/C24H22F3N7O2/c1-12-30-23-18(9-15(25)21(26)22(23)27)34(12)24-31-17(10-20(32-24)33-4-6-36-7-5-33)14-3-2-13(8-16(14)29)19(35)11-28/h2-3,8-10H,4-7,11,28-29H2,1H3. The van der Waals surface area contributed by atoms with E-state index in [0.29, 0.717) is 54.6 Å². The third-order valence-corrected chi connectivity index (χ3v) is 6.03. The van der Waals surface area contributed by atoms with Gasteiger partial charge in [-0.25, -0.2) is 23.1 Å². The van der Waals surface area contributed by atoms with Gasteiger partial charge in [0.15, 0.2) is 23.2 Å². The van der Waals surface area contributed by atoms with Crippen molar-refractivity contribution < 1.29 is 22.7 Å². The van der Waals surface area contributed by atoms with Crippen molar-refractivity contribution in [3.63, 3.8) is 0 Å². The van der Waals surface area contributed by atoms with Crippen molar-refractivity contribution in [3.05, 3.63) is 59.2 Å². The molecule has 12 heteroatoms. The van der Waals surface area contributed by atoms with Crippen molar-refractivity contribution in [1.82, 2.24) is 19.5 Å². The second-order valence-electron chi connectivity index (χ2n) is 8.29. The predicted molar refractivity (Wildman–Crippen MR) is 128 cm³/mol. The van der Waals surface area contributed by atoms with Crippen LogP contribution in [0.5, 0.6) is 0 Å². The minimum atomic E-state index is -1.60. The highest BCUT2D eigenvalue weighted by Gasteiger charge is 2.23. The van der Waals surface area contributed by atoms with Gasteiger partial charge in [0.05, 0.1) is 31.0 Å². The Morgan fingerprint density at radius 2 is 1.81 bits per heavy atom. The monoisotopic (exact) mass is 497 g/mol. The number of imidazole rings is 1. The molecular formula is C24H22F3N7O2. The van der Waals surface area contributed by atoms with Gasteiger partial charge in [0.2, 0.25) is 5.95 Å². The van der Waals surface area contributed by atoms with Gasteiger partial charge in [0.1, 0.15) is 17.2 Å². The molecule has 186 valence electrons. The fraction of sp³-hybridized carbons (Fsp3) is 0.250. The largest absolute Gasteiger partial charge is 0.398 e. The van der Waals surface area contributed by atoms with Crippen molar-refractivity contribution in [1.29, 1.82) is 0 Å². The molecule has 5 rings (SSSR count). The number of fused-ring (bicyclic) bond motifs is 1. The number of aryl methyl sites for hydroxylation is 1. The number of aromatic nitrogens is 4. The Balaban J connectivity index is 1.72. The first-order valence-corrected chi connectivity index (χ1v) is 11.2. The Bertz CT molecular complexity index is 1500. The van der Waals surface area contributed by atoms with Gasteiger partial charge in [-0.2, -0.15) is 4.98 Å². The Kier molecular flexibility index (Phi) is 6.06. The van der Waals surface area contributed by atoms with Gasteiger partial charge in [-0.3, -0.25) is 9.36 Å². The van der Waals surface area contributed by atoms with Crippen LogP contribution < -0.4 is 16.4 Å². The molecular weight excluding hydrogens is 475 g/mol. The Labute approximate surface area is 203 Å². The van der Waals surface area contributed by atoms with Crippen LogP contribution in [0.1, 0.15) is 16.2 Å². The lowest BCUT2D eigenvalue weighted by molar-refractivity contribution is 0.100. The molecule has 0 aliphatic carbocycles. The van der Waals surface area contributed by atoms with Crippen molar-refractivity contribution >= 4 is 28.3 Å². The summed E-state index contributed by atoms with van der Waals surface area (Å²) in [6.45, 7) is 3.52. The number of halogens is 3. The minimum absolute atomic E-state index is 0.0224. The highest BCUT2D eigenvalue weighted by molar-refractivity contribution is 5.99. The van der Waals surface area contributed by atoms with Gasteiger partial charge in [-0.05, 0) is 13.0 Å². The fourth-order valence-electron chi connectivity index (χ4n) is 4.19. The summed E-state index contributed by atoms with van der Waals surface area (Å²) in [4.78, 5) is 27.3. The second-order valence-corrected chi connectivity index (χ2v) is 8.29. The second kappa shape index (κ2) is 9.21. The van der Waals surface area contributed by atoms with Crippen LogP contribution in [-0.4, -0.2) is 58.2 Å². The molecule has 9 nitrogen and oxygen atoms in total. The van der Waals surface area contributed by atoms with Crippen LogP contribution in [0.3, 0.4) is 0 Å². The van der Waals surface area contributed by atoms with E-state index in [0.717, 1.165) is 6.07 Å². The Morgan fingerprint density at radius 3 is 2.50 bits per heavy atom. The molecule has 1 aliphatic heterocycles. The number of carbonyl (C=O) groups excluding carboxylic acids is 1. The normalized spacial score (nSPS) is 14.0. The lowest BCUT2D eigenvalue weighted by Gasteiger charge is -2.28. The number of ketones is 1. The first kappa shape index (κ1) is 23.7. The molecule has 1 fully saturated rings. The summed E-state index contributed by atoms with van der Waals surface area (Å²) in [5.41, 5.74) is 13.0. The van der Waals surface area contributed by atoms with Gasteiger partial charge < -0.3 is 21.1 Å². The summed E-state index contributed by atoms with van der Waals surface area (Å²) < 4.78 is 49.3. The number of rotatable bonds is 5. The van der Waals surface area contributed by atoms with Gasteiger partial charge >= 0.3 is 0 Å². The zero-order chi connectivity index (χ0) is 25.6. The summed E-state index contributed by atoms with van der Waals surface area (Å²) >= 11 is 0. The van der Waals surface area contributed by atoms with Crippen LogP contribution in [0.25, 0.3) is 28.2 Å². The average Bonchev–Trinajstić information content (AvgIpc) is 3.22. The summed E-state index contributed by atoms with van der Waals surface area (Å²) in [5, 5.41) is 0. The molecule has 0 atom stereocenters. The molecule has 4 aromatic rings. The smallest absolute Gasteiger partial charge is 0.238 e. The van der Waals surface area contributed by atoms with E-state index in [1.54, 1.807) is 25.1 Å². The van der Waals surface area contributed by atoms with Gasteiger partial charge in [-0.15, -0.1) is 0 Å². The van der Waals surface area contributed by atoms with Crippen LogP contribution >= 0.6 is 0 Å². The van der Waals surface area contributed by atoms with Gasteiger partial charge in [0.25, 0.3) is 0 Å². The number of nitrogens with zero attached hydrogens (tertiary/aromatic N) is 5. The number of carbonyl (C=O) groups is 1. The number of anilines is 2. The summed E-state index contributed by atoms with van der Waals surface area (Å²) in [6, 6.07) is 7.37. The Hall–Kier alpha value is -4.03. The number of hydrogen-bond acceptors (Lipinski definition) is 8. The van der Waals surface area contributed by atoms with Crippen molar-refractivity contribution in [2.45, 2.75) is 6.92 Å². The van der Waals surface area contributed by atoms with Crippen LogP contribution in [0, 0.1) is 24.4 Å². The third kappa shape index (κ3) is 4.03. The van der Waals surface area contributed by atoms with Crippen molar-refractivity contribution in [2.24, 2.45) is 5.73 Å². The lowest BCUT2D eigenvalue weighted by Crippen LogP contribution is -2.37. The zero-order valence-electron chi connectivity index (χ0n) is 19.3. The average molecular weight is 497 g/mol. The van der Waals surface area contributed by atoms with E-state index in [9.17, 15) is 18.0 Å². The van der Waals surface area contributed by atoms with E-state index >= 15 is 0 Å². The molecule has 2 aromatic carbocycles. The minimum Gasteiger partial charge on any atom is -0.398 e. The number of Topliss-reactive ketones (excluding diaryl/α,β-unsaturated/α-hetero) is 1. The van der Waals surface area contributed by atoms with Crippen LogP contribution in [0.2, 0.25) is 0 Å². The number of hydrogen-bond donors (Lipinski definition) is 2. The molecule has 1 aliphatic rings. The van der Waals surface area contributed by atoms with Crippen molar-refractivity contribution in [2.75, 3.05) is 43.5 Å². The maximum atomic E-state index is 14.5. The molecule has 0 radical (unpaired) electrons. The Morgan fingerprint density at radius 1 is 1.06 bits per heavy atom. The number of morpholine rings is 1. The molecule has 0 saturated carbocycles. The van der Waals surface area contributed by atoms with E-state index in [1.165, 1.54) is 10.6 Å². The number of ether oxygens (including phenoxy) is 1. The molecule has 1 saturated heterocycles. The van der Waals surface area contributed by atoms with E-state index < -0.39 is 17.5 Å². The highest BCUT2D eigenvalue weighted by atomic mass is 19.2. The maximum Gasteiger partial charge on any atom is 0.238 e. The molecule has 0 spiro atoms. The summed E-state index contributed by atoms with van der Waals surface area (Å²) in [7, 11) is 0. The molecule has 4 N–H and O–H groups in total. The van der Waals surface area contributed by atoms with Crippen LogP contribution in [-0.2, 0) is 4.74 Å². The zero-order valence-corrected chi connectivity index (χ0v) is 19.3. The van der Waals surface area contributed by atoms with Crippen LogP contribution in [0.15, 0.2) is 30.3 Å². The first-order valence-electron chi connectivity index (χ1n) is 11.2. The number of nitrogens with two attached hydrogens (primary N) is 2. The summed E-state index contributed by atoms with van der Waals surface area (Å²) in [6.07, 6.45) is 0. The maximum absolute atomic E-state index is 14.5. The van der Waals surface area contributed by atoms with Crippen LogP contribution in [0.4, 0.5) is 24.7 Å². The molecule has 36 heavy (non-hydrogen) atoms. The molecule has 2 aromatic heterocycles. The summed E-state index contributed by atoms with van der Waals surface area (Å²) in [5.74, 6) is -3.77. The number of benzene rings is 2.